The Morgan fingerprint density at radius 3 is 2.75 bits per heavy atom. The van der Waals surface area contributed by atoms with Crippen molar-refractivity contribution in [2.45, 2.75) is 50.6 Å². The zero-order valence-corrected chi connectivity index (χ0v) is 10.5. The monoisotopic (exact) mass is 235 g/mol. The van der Waals surface area contributed by atoms with Gasteiger partial charge in [0.25, 0.3) is 0 Å². The Hall–Kier alpha value is -0.530. The molecule has 0 aliphatic heterocycles. The maximum Gasteiger partial charge on any atom is 0.0409 e. The van der Waals surface area contributed by atoms with Crippen LogP contribution < -0.4 is 5.32 Å². The topological polar surface area (TPSA) is 12.0 Å². The number of halogens is 1. The van der Waals surface area contributed by atoms with Gasteiger partial charge in [0, 0.05) is 17.6 Å². The van der Waals surface area contributed by atoms with Crippen LogP contribution in [0.15, 0.2) is 18.2 Å². The molecule has 0 unspecified atom stereocenters. The minimum absolute atomic E-state index is 0.408. The molecule has 0 radical (unpaired) electrons. The molecule has 1 aromatic carbocycles. The first-order valence-corrected chi connectivity index (χ1v) is 6.57. The summed E-state index contributed by atoms with van der Waals surface area (Å²) in [5.41, 5.74) is 3.32. The van der Waals surface area contributed by atoms with E-state index in [0.717, 1.165) is 17.6 Å². The lowest BCUT2D eigenvalue weighted by molar-refractivity contribution is 0.668. The van der Waals surface area contributed by atoms with Crippen LogP contribution >= 0.6 is 11.6 Å². The van der Waals surface area contributed by atoms with Crippen molar-refractivity contribution in [2.24, 2.45) is 0 Å². The molecule has 1 N–H and O–H groups in total. The third-order valence-electron chi connectivity index (χ3n) is 3.88. The van der Waals surface area contributed by atoms with E-state index in [9.17, 15) is 0 Å². The Morgan fingerprint density at radius 2 is 2.12 bits per heavy atom. The fraction of sp³-hybridized carbons (Fsp3) is 0.571. The summed E-state index contributed by atoms with van der Waals surface area (Å²) in [5, 5.41) is 4.46. The zero-order valence-electron chi connectivity index (χ0n) is 9.72. The molecular weight excluding hydrogens is 218 g/mol. The van der Waals surface area contributed by atoms with E-state index in [1.165, 1.54) is 36.8 Å². The molecule has 0 spiro atoms. The Morgan fingerprint density at radius 1 is 1.38 bits per heavy atom. The van der Waals surface area contributed by atoms with Crippen molar-refractivity contribution in [3.63, 3.8) is 0 Å². The molecule has 2 aliphatic rings. The van der Waals surface area contributed by atoms with E-state index in [1.54, 1.807) is 0 Å². The van der Waals surface area contributed by atoms with Crippen LogP contribution in [0.5, 0.6) is 0 Å². The Bertz CT molecular complexity index is 405. The van der Waals surface area contributed by atoms with Crippen LogP contribution in [0.25, 0.3) is 0 Å². The molecule has 0 heterocycles. The van der Waals surface area contributed by atoms with E-state index >= 15 is 0 Å². The lowest BCUT2D eigenvalue weighted by atomic mass is 9.93. The molecule has 2 saturated carbocycles. The van der Waals surface area contributed by atoms with Gasteiger partial charge in [0.15, 0.2) is 0 Å². The maximum atomic E-state index is 6.11. The second-order valence-corrected chi connectivity index (χ2v) is 5.95. The molecule has 0 amide bonds. The summed E-state index contributed by atoms with van der Waals surface area (Å²) in [7, 11) is 0. The predicted molar refractivity (Wildman–Crippen MR) is 67.9 cm³/mol. The fourth-order valence-corrected chi connectivity index (χ4v) is 2.44. The summed E-state index contributed by atoms with van der Waals surface area (Å²) in [5.74, 6) is 0. The van der Waals surface area contributed by atoms with Crippen molar-refractivity contribution in [3.05, 3.63) is 34.3 Å². The predicted octanol–water partition coefficient (Wildman–Crippen LogP) is 3.64. The third-order valence-corrected chi connectivity index (χ3v) is 4.12. The number of nitrogens with one attached hydrogen (secondary N) is 1. The third kappa shape index (κ3) is 2.11. The lowest BCUT2D eigenvalue weighted by Crippen LogP contribution is -2.18. The zero-order chi connectivity index (χ0) is 11.2. The molecule has 0 bridgehead atoms. The van der Waals surface area contributed by atoms with E-state index in [1.807, 2.05) is 6.07 Å². The van der Waals surface area contributed by atoms with Gasteiger partial charge in [-0.1, -0.05) is 24.6 Å². The summed E-state index contributed by atoms with van der Waals surface area (Å²) in [6.45, 7) is 3.35. The molecule has 2 aliphatic carbocycles. The van der Waals surface area contributed by atoms with Gasteiger partial charge < -0.3 is 5.32 Å². The highest BCUT2D eigenvalue weighted by atomic mass is 35.5. The van der Waals surface area contributed by atoms with Crippen molar-refractivity contribution in [2.75, 3.05) is 0 Å². The smallest absolute Gasteiger partial charge is 0.0409 e. The molecule has 2 fully saturated rings. The normalized spacial score (nSPS) is 22.1. The second kappa shape index (κ2) is 3.75. The van der Waals surface area contributed by atoms with Crippen LogP contribution in [0.4, 0.5) is 0 Å². The minimum atomic E-state index is 0.408. The Balaban J connectivity index is 1.83. The van der Waals surface area contributed by atoms with Crippen molar-refractivity contribution in [3.8, 4) is 0 Å². The Kier molecular flexibility index (Phi) is 2.49. The van der Waals surface area contributed by atoms with Gasteiger partial charge in [0.2, 0.25) is 0 Å². The standard InChI is InChI=1S/C14H18ClN/c1-14(6-7-14)13-8-11(15)3-2-10(13)9-16-12-4-5-12/h2-3,8,12,16H,4-7,9H2,1H3. The maximum absolute atomic E-state index is 6.11. The SMILES string of the molecule is CC1(c2cc(Cl)ccc2CNC2CC2)CC1. The first kappa shape index (κ1) is 10.6. The summed E-state index contributed by atoms with van der Waals surface area (Å²) in [6.07, 6.45) is 5.31. The first-order chi connectivity index (χ1) is 7.67. The number of hydrogen-bond donors (Lipinski definition) is 1. The van der Waals surface area contributed by atoms with Crippen LogP contribution in [0.3, 0.4) is 0 Å². The van der Waals surface area contributed by atoms with Gasteiger partial charge in [-0.25, -0.2) is 0 Å². The van der Waals surface area contributed by atoms with E-state index in [0.29, 0.717) is 5.41 Å². The molecule has 0 aromatic heterocycles. The molecule has 0 saturated heterocycles. The summed E-state index contributed by atoms with van der Waals surface area (Å²) >= 11 is 6.11. The molecule has 16 heavy (non-hydrogen) atoms. The highest BCUT2D eigenvalue weighted by Gasteiger charge is 2.40. The van der Waals surface area contributed by atoms with Gasteiger partial charge >= 0.3 is 0 Å². The molecule has 1 aromatic rings. The van der Waals surface area contributed by atoms with Crippen molar-refractivity contribution >= 4 is 11.6 Å². The fourth-order valence-electron chi connectivity index (χ4n) is 2.26. The molecule has 0 atom stereocenters. The van der Waals surface area contributed by atoms with E-state index in [-0.39, 0.29) is 0 Å². The molecule has 2 heteroatoms. The first-order valence-electron chi connectivity index (χ1n) is 6.20. The average Bonchev–Trinajstić information content (AvgIpc) is 3.13. The van der Waals surface area contributed by atoms with Gasteiger partial charge in [-0.2, -0.15) is 0 Å². The van der Waals surface area contributed by atoms with Crippen LogP contribution in [0.2, 0.25) is 5.02 Å². The van der Waals surface area contributed by atoms with E-state index in [2.05, 4.69) is 24.4 Å². The van der Waals surface area contributed by atoms with E-state index < -0.39 is 0 Å². The largest absolute Gasteiger partial charge is 0.310 e. The van der Waals surface area contributed by atoms with Crippen molar-refractivity contribution in [1.82, 2.24) is 5.32 Å². The average molecular weight is 236 g/mol. The highest BCUT2D eigenvalue weighted by molar-refractivity contribution is 6.30. The van der Waals surface area contributed by atoms with Crippen LogP contribution in [-0.2, 0) is 12.0 Å². The van der Waals surface area contributed by atoms with Crippen LogP contribution in [0, 0.1) is 0 Å². The second-order valence-electron chi connectivity index (χ2n) is 5.52. The van der Waals surface area contributed by atoms with E-state index in [4.69, 9.17) is 11.6 Å². The quantitative estimate of drug-likeness (QED) is 0.840. The van der Waals surface area contributed by atoms with Crippen molar-refractivity contribution < 1.29 is 0 Å². The highest BCUT2D eigenvalue weighted by Crippen LogP contribution is 2.49. The van der Waals surface area contributed by atoms with Gasteiger partial charge in [-0.3, -0.25) is 0 Å². The molecule has 3 rings (SSSR count). The van der Waals surface area contributed by atoms with Gasteiger partial charge in [0.1, 0.15) is 0 Å². The van der Waals surface area contributed by atoms with Gasteiger partial charge in [-0.05, 0) is 54.4 Å². The van der Waals surface area contributed by atoms with Gasteiger partial charge in [0.05, 0.1) is 0 Å². The number of hydrogen-bond acceptors (Lipinski definition) is 1. The Labute approximate surface area is 102 Å². The number of benzene rings is 1. The summed E-state index contributed by atoms with van der Waals surface area (Å²) in [4.78, 5) is 0. The van der Waals surface area contributed by atoms with Crippen LogP contribution in [0.1, 0.15) is 43.7 Å². The minimum Gasteiger partial charge on any atom is -0.310 e. The van der Waals surface area contributed by atoms with Gasteiger partial charge in [-0.15, -0.1) is 0 Å². The summed E-state index contributed by atoms with van der Waals surface area (Å²) < 4.78 is 0. The summed E-state index contributed by atoms with van der Waals surface area (Å²) in [6, 6.07) is 7.14. The molecular formula is C14H18ClN. The molecule has 1 nitrogen and oxygen atoms in total. The van der Waals surface area contributed by atoms with Crippen LogP contribution in [-0.4, -0.2) is 6.04 Å². The van der Waals surface area contributed by atoms with Crippen molar-refractivity contribution in [1.29, 1.82) is 0 Å². The number of rotatable bonds is 4. The lowest BCUT2D eigenvalue weighted by Gasteiger charge is -2.16. The molecule has 86 valence electrons.